The van der Waals surface area contributed by atoms with Gasteiger partial charge in [0.15, 0.2) is 0 Å². The van der Waals surface area contributed by atoms with E-state index in [1.165, 1.54) is 38.5 Å². The molecule has 5 nitrogen and oxygen atoms in total. The zero-order valence-corrected chi connectivity index (χ0v) is 14.5. The molecule has 3 heterocycles. The zero-order chi connectivity index (χ0) is 15.9. The molecule has 4 aliphatic rings. The Morgan fingerprint density at radius 2 is 1.74 bits per heavy atom. The van der Waals surface area contributed by atoms with Crippen molar-refractivity contribution < 1.29 is 4.79 Å². The Kier molecular flexibility index (Phi) is 4.26. The average molecular weight is 320 g/mol. The van der Waals surface area contributed by atoms with Gasteiger partial charge in [0.2, 0.25) is 0 Å². The highest BCUT2D eigenvalue weighted by atomic mass is 16.2. The molecule has 0 aromatic heterocycles. The summed E-state index contributed by atoms with van der Waals surface area (Å²) in [7, 11) is 0. The largest absolute Gasteiger partial charge is 0.333 e. The maximum Gasteiger partial charge on any atom is 0.318 e. The van der Waals surface area contributed by atoms with Gasteiger partial charge in [-0.2, -0.15) is 0 Å². The number of piperidine rings is 2. The molecule has 0 unspecified atom stereocenters. The molecule has 0 aromatic carbocycles. The highest BCUT2D eigenvalue weighted by Crippen LogP contribution is 2.34. The van der Waals surface area contributed by atoms with Gasteiger partial charge in [-0.05, 0) is 58.5 Å². The van der Waals surface area contributed by atoms with Crippen molar-refractivity contribution in [2.45, 2.75) is 82.0 Å². The van der Waals surface area contributed by atoms with E-state index < -0.39 is 0 Å². The van der Waals surface area contributed by atoms with Crippen molar-refractivity contribution in [1.82, 2.24) is 20.4 Å². The Balaban J connectivity index is 1.38. The molecule has 4 fully saturated rings. The van der Waals surface area contributed by atoms with E-state index in [0.29, 0.717) is 23.7 Å². The molecule has 2 N–H and O–H groups in total. The first-order chi connectivity index (χ1) is 11.2. The van der Waals surface area contributed by atoms with Gasteiger partial charge >= 0.3 is 6.03 Å². The summed E-state index contributed by atoms with van der Waals surface area (Å²) < 4.78 is 0. The number of carbonyl (C=O) groups is 1. The summed E-state index contributed by atoms with van der Waals surface area (Å²) in [5, 5.41) is 6.73. The van der Waals surface area contributed by atoms with Crippen molar-refractivity contribution in [1.29, 1.82) is 0 Å². The van der Waals surface area contributed by atoms with Crippen LogP contribution in [-0.2, 0) is 0 Å². The number of hydrogen-bond donors (Lipinski definition) is 2. The number of fused-ring (bicyclic) bond motifs is 1. The molecule has 4 rings (SSSR count). The van der Waals surface area contributed by atoms with Gasteiger partial charge in [-0.3, -0.25) is 4.90 Å². The Hall–Kier alpha value is -0.810. The third-order valence-electron chi connectivity index (χ3n) is 6.93. The van der Waals surface area contributed by atoms with Crippen LogP contribution in [0.4, 0.5) is 4.79 Å². The highest BCUT2D eigenvalue weighted by molar-refractivity contribution is 5.78. The number of nitrogens with one attached hydrogen (secondary N) is 2. The molecule has 0 bridgehead atoms. The van der Waals surface area contributed by atoms with Gasteiger partial charge in [-0.25, -0.2) is 4.79 Å². The van der Waals surface area contributed by atoms with Crippen LogP contribution >= 0.6 is 0 Å². The highest BCUT2D eigenvalue weighted by Gasteiger charge is 2.45. The van der Waals surface area contributed by atoms with Crippen molar-refractivity contribution in [3.63, 3.8) is 0 Å². The smallest absolute Gasteiger partial charge is 0.318 e. The van der Waals surface area contributed by atoms with E-state index in [-0.39, 0.29) is 6.03 Å². The van der Waals surface area contributed by atoms with Crippen LogP contribution in [0, 0.1) is 0 Å². The van der Waals surface area contributed by atoms with E-state index >= 15 is 0 Å². The molecule has 0 aromatic rings. The summed E-state index contributed by atoms with van der Waals surface area (Å²) >= 11 is 0. The Bertz CT molecular complexity index is 440. The van der Waals surface area contributed by atoms with E-state index in [1.807, 2.05) is 0 Å². The van der Waals surface area contributed by atoms with Gasteiger partial charge in [0.1, 0.15) is 0 Å². The molecule has 3 saturated heterocycles. The predicted molar refractivity (Wildman–Crippen MR) is 91.5 cm³/mol. The second-order valence-electron chi connectivity index (χ2n) is 8.28. The van der Waals surface area contributed by atoms with Crippen molar-refractivity contribution in [3.8, 4) is 0 Å². The topological polar surface area (TPSA) is 47.6 Å². The summed E-state index contributed by atoms with van der Waals surface area (Å²) in [6.45, 7) is 7.04. The van der Waals surface area contributed by atoms with Crippen LogP contribution < -0.4 is 10.6 Å². The second-order valence-corrected chi connectivity index (χ2v) is 8.28. The predicted octanol–water partition coefficient (Wildman–Crippen LogP) is 1.93. The average Bonchev–Trinajstić information content (AvgIpc) is 2.91. The van der Waals surface area contributed by atoms with Crippen LogP contribution in [0.2, 0.25) is 0 Å². The van der Waals surface area contributed by atoms with Gasteiger partial charge in [-0.1, -0.05) is 12.8 Å². The van der Waals surface area contributed by atoms with Gasteiger partial charge in [0.05, 0.1) is 12.1 Å². The number of amides is 2. The lowest BCUT2D eigenvalue weighted by Gasteiger charge is -2.49. The molecule has 130 valence electrons. The number of nitrogens with zero attached hydrogens (tertiary/aromatic N) is 2. The molecule has 3 aliphatic heterocycles. The number of rotatable bonds is 2. The van der Waals surface area contributed by atoms with Crippen LogP contribution in [0.25, 0.3) is 0 Å². The quantitative estimate of drug-likeness (QED) is 0.817. The molecule has 0 spiro atoms. The minimum Gasteiger partial charge on any atom is -0.333 e. The molecule has 2 amide bonds. The summed E-state index contributed by atoms with van der Waals surface area (Å²) in [6.07, 6.45) is 9.76. The summed E-state index contributed by atoms with van der Waals surface area (Å²) in [6, 6.07) is 1.58. The zero-order valence-electron chi connectivity index (χ0n) is 14.5. The molecule has 1 saturated carbocycles. The fraction of sp³-hybridized carbons (Fsp3) is 0.944. The van der Waals surface area contributed by atoms with Crippen molar-refractivity contribution >= 4 is 6.03 Å². The van der Waals surface area contributed by atoms with E-state index in [4.69, 9.17) is 0 Å². The summed E-state index contributed by atoms with van der Waals surface area (Å²) in [4.78, 5) is 17.4. The van der Waals surface area contributed by atoms with Crippen LogP contribution in [0.1, 0.15) is 58.3 Å². The minimum atomic E-state index is 0.216. The van der Waals surface area contributed by atoms with E-state index in [1.54, 1.807) is 0 Å². The van der Waals surface area contributed by atoms with Gasteiger partial charge in [0.25, 0.3) is 0 Å². The monoisotopic (exact) mass is 320 g/mol. The lowest BCUT2D eigenvalue weighted by atomic mass is 9.85. The third kappa shape index (κ3) is 2.86. The number of carbonyl (C=O) groups excluding carboxylic acids is 1. The Labute approximate surface area is 140 Å². The first kappa shape index (κ1) is 15.7. The summed E-state index contributed by atoms with van der Waals surface area (Å²) in [5.74, 6) is 0. The third-order valence-corrected chi connectivity index (χ3v) is 6.93. The first-order valence-corrected chi connectivity index (χ1v) is 9.72. The van der Waals surface area contributed by atoms with Crippen LogP contribution in [0.3, 0.4) is 0 Å². The second kappa shape index (κ2) is 6.25. The van der Waals surface area contributed by atoms with Gasteiger partial charge in [-0.15, -0.1) is 0 Å². The molecular formula is C18H32N4O. The molecule has 0 radical (unpaired) electrons. The molecule has 2 atom stereocenters. The fourth-order valence-electron chi connectivity index (χ4n) is 5.40. The van der Waals surface area contributed by atoms with Crippen LogP contribution in [0.15, 0.2) is 0 Å². The van der Waals surface area contributed by atoms with E-state index in [2.05, 4.69) is 27.4 Å². The molecule has 5 heteroatoms. The number of hydrogen-bond acceptors (Lipinski definition) is 3. The fourth-order valence-corrected chi connectivity index (χ4v) is 5.40. The molecule has 23 heavy (non-hydrogen) atoms. The van der Waals surface area contributed by atoms with Crippen molar-refractivity contribution in [3.05, 3.63) is 0 Å². The number of likely N-dealkylation sites (tertiary alicyclic amines) is 1. The van der Waals surface area contributed by atoms with Crippen LogP contribution in [0.5, 0.6) is 0 Å². The van der Waals surface area contributed by atoms with Gasteiger partial charge < -0.3 is 15.5 Å². The minimum absolute atomic E-state index is 0.216. The van der Waals surface area contributed by atoms with E-state index in [9.17, 15) is 4.79 Å². The maximum atomic E-state index is 12.5. The Morgan fingerprint density at radius 1 is 1.04 bits per heavy atom. The normalized spacial score (nSPS) is 35.9. The first-order valence-electron chi connectivity index (χ1n) is 9.72. The van der Waals surface area contributed by atoms with Crippen molar-refractivity contribution in [2.75, 3.05) is 26.2 Å². The lowest BCUT2D eigenvalue weighted by Crippen LogP contribution is -2.58. The maximum absolute atomic E-state index is 12.5. The van der Waals surface area contributed by atoms with Crippen molar-refractivity contribution in [2.24, 2.45) is 0 Å². The SMILES string of the molecule is CC1(N2CCC(N3C(=O)N[C@@H]4CCCC[C@H]43)CC2)CCNCC1. The molecule has 1 aliphatic carbocycles. The lowest BCUT2D eigenvalue weighted by molar-refractivity contribution is 0.0239. The van der Waals surface area contributed by atoms with Crippen LogP contribution in [-0.4, -0.2) is 65.7 Å². The van der Waals surface area contributed by atoms with Gasteiger partial charge in [0, 0.05) is 24.7 Å². The summed E-state index contributed by atoms with van der Waals surface area (Å²) in [5.41, 5.74) is 0.372. The standard InChI is InChI=1S/C18H32N4O/c1-18(8-10-19-11-9-18)21-12-6-14(7-13-21)22-16-5-3-2-4-15(16)20-17(22)23/h14-16,19H,2-13H2,1H3,(H,20,23)/t15-,16-/m1/s1. The Morgan fingerprint density at radius 3 is 2.48 bits per heavy atom. The molecular weight excluding hydrogens is 288 g/mol. The van der Waals surface area contributed by atoms with E-state index in [0.717, 1.165) is 39.0 Å². The number of urea groups is 1.